The highest BCUT2D eigenvalue weighted by atomic mass is 16.2. The molecule has 1 amide bonds. The maximum atomic E-state index is 12.0. The van der Waals surface area contributed by atoms with E-state index in [1.165, 1.54) is 0 Å². The molecule has 0 saturated carbocycles. The first-order valence-electron chi connectivity index (χ1n) is 6.74. The average molecular weight is 262 g/mol. The van der Waals surface area contributed by atoms with Crippen molar-refractivity contribution in [2.45, 2.75) is 19.4 Å². The first-order chi connectivity index (χ1) is 9.13. The quantitative estimate of drug-likeness (QED) is 0.884. The third-order valence-electron chi connectivity index (χ3n) is 3.69. The Bertz CT molecular complexity index is 449. The number of anilines is 1. The van der Waals surface area contributed by atoms with E-state index in [1.807, 2.05) is 20.2 Å². The molecule has 0 aliphatic carbocycles. The summed E-state index contributed by atoms with van der Waals surface area (Å²) < 4.78 is 0. The molecule has 1 atom stereocenters. The second-order valence-electron chi connectivity index (χ2n) is 5.02. The number of hydrogen-bond donors (Lipinski definition) is 1. The number of nitrogens with one attached hydrogen (secondary N) is 1. The summed E-state index contributed by atoms with van der Waals surface area (Å²) in [6.07, 6.45) is 2.77. The van der Waals surface area contributed by atoms with Crippen molar-refractivity contribution >= 4 is 11.7 Å². The van der Waals surface area contributed by atoms with E-state index in [-0.39, 0.29) is 11.9 Å². The van der Waals surface area contributed by atoms with E-state index in [2.05, 4.69) is 28.2 Å². The van der Waals surface area contributed by atoms with Crippen LogP contribution in [0.4, 0.5) is 5.82 Å². The van der Waals surface area contributed by atoms with E-state index in [4.69, 9.17) is 0 Å². The molecule has 2 heterocycles. The molecule has 1 unspecified atom stereocenters. The van der Waals surface area contributed by atoms with Crippen LogP contribution in [0.3, 0.4) is 0 Å². The first kappa shape index (κ1) is 13.8. The molecule has 1 aliphatic heterocycles. The van der Waals surface area contributed by atoms with Gasteiger partial charge in [-0.1, -0.05) is 6.07 Å². The number of pyridine rings is 1. The molecule has 1 fully saturated rings. The maximum absolute atomic E-state index is 12.0. The van der Waals surface area contributed by atoms with Crippen LogP contribution in [0.25, 0.3) is 0 Å². The van der Waals surface area contributed by atoms with Crippen LogP contribution in [0.5, 0.6) is 0 Å². The van der Waals surface area contributed by atoms with Crippen molar-refractivity contribution < 1.29 is 4.79 Å². The van der Waals surface area contributed by atoms with Gasteiger partial charge in [0.1, 0.15) is 5.82 Å². The summed E-state index contributed by atoms with van der Waals surface area (Å²) in [7, 11) is 3.80. The Kier molecular flexibility index (Phi) is 4.37. The highest BCUT2D eigenvalue weighted by Gasteiger charge is 2.22. The van der Waals surface area contributed by atoms with Crippen LogP contribution in [0.2, 0.25) is 0 Å². The fourth-order valence-electron chi connectivity index (χ4n) is 2.33. The summed E-state index contributed by atoms with van der Waals surface area (Å²) in [6.45, 7) is 4.21. The lowest BCUT2D eigenvalue weighted by Crippen LogP contribution is -2.35. The van der Waals surface area contributed by atoms with E-state index in [0.717, 1.165) is 30.9 Å². The van der Waals surface area contributed by atoms with Gasteiger partial charge >= 0.3 is 0 Å². The Labute approximate surface area is 114 Å². The molecule has 5 nitrogen and oxygen atoms in total. The van der Waals surface area contributed by atoms with E-state index in [0.29, 0.717) is 6.54 Å². The minimum absolute atomic E-state index is 0.159. The van der Waals surface area contributed by atoms with Gasteiger partial charge in [0.05, 0.1) is 6.54 Å². The van der Waals surface area contributed by atoms with Crippen LogP contribution in [0, 0.1) is 0 Å². The molecular formula is C14H22N4O. The molecule has 0 radical (unpaired) electrons. The molecule has 1 N–H and O–H groups in total. The third kappa shape index (κ3) is 3.04. The van der Waals surface area contributed by atoms with Gasteiger partial charge in [-0.2, -0.15) is 0 Å². The Hall–Kier alpha value is -1.62. The highest BCUT2D eigenvalue weighted by molar-refractivity contribution is 5.81. The minimum Gasteiger partial charge on any atom is -0.347 e. The van der Waals surface area contributed by atoms with E-state index >= 15 is 0 Å². The number of carbonyl (C=O) groups is 1. The lowest BCUT2D eigenvalue weighted by Gasteiger charge is -2.25. The van der Waals surface area contributed by atoms with Gasteiger partial charge in [-0.15, -0.1) is 0 Å². The maximum Gasteiger partial charge on any atom is 0.241 e. The lowest BCUT2D eigenvalue weighted by atomic mass is 10.1. The van der Waals surface area contributed by atoms with Crippen LogP contribution >= 0.6 is 0 Å². The van der Waals surface area contributed by atoms with E-state index < -0.39 is 0 Å². The lowest BCUT2D eigenvalue weighted by molar-refractivity contribution is -0.127. The van der Waals surface area contributed by atoms with Gasteiger partial charge in [-0.25, -0.2) is 4.98 Å². The SMILES string of the molecule is CNC(C)c1cccnc1N1CCCN(C)C(=O)C1. The largest absolute Gasteiger partial charge is 0.347 e. The number of carbonyl (C=O) groups excluding carboxylic acids is 1. The smallest absolute Gasteiger partial charge is 0.241 e. The molecule has 1 aliphatic rings. The molecule has 5 heteroatoms. The van der Waals surface area contributed by atoms with E-state index in [9.17, 15) is 4.79 Å². The minimum atomic E-state index is 0.159. The van der Waals surface area contributed by atoms with Crippen LogP contribution in [0.15, 0.2) is 18.3 Å². The van der Waals surface area contributed by atoms with Crippen LogP contribution in [-0.2, 0) is 4.79 Å². The van der Waals surface area contributed by atoms with Gasteiger partial charge in [-0.05, 0) is 26.5 Å². The molecule has 1 aromatic rings. The Morgan fingerprint density at radius 2 is 2.21 bits per heavy atom. The topological polar surface area (TPSA) is 48.5 Å². The zero-order valence-corrected chi connectivity index (χ0v) is 11.9. The van der Waals surface area contributed by atoms with Crippen molar-refractivity contribution in [2.75, 3.05) is 38.6 Å². The van der Waals surface area contributed by atoms with Crippen molar-refractivity contribution in [1.29, 1.82) is 0 Å². The summed E-state index contributed by atoms with van der Waals surface area (Å²) in [6, 6.07) is 4.24. The van der Waals surface area contributed by atoms with Crippen LogP contribution in [-0.4, -0.2) is 49.5 Å². The molecule has 2 rings (SSSR count). The first-order valence-corrected chi connectivity index (χ1v) is 6.74. The Morgan fingerprint density at radius 3 is 2.95 bits per heavy atom. The van der Waals surface area contributed by atoms with Gasteiger partial charge in [0.25, 0.3) is 0 Å². The third-order valence-corrected chi connectivity index (χ3v) is 3.69. The van der Waals surface area contributed by atoms with Gasteiger partial charge in [0.2, 0.25) is 5.91 Å². The molecule has 1 saturated heterocycles. The van der Waals surface area contributed by atoms with Crippen molar-refractivity contribution in [3.05, 3.63) is 23.9 Å². The monoisotopic (exact) mass is 262 g/mol. The van der Waals surface area contributed by atoms with Gasteiger partial charge in [0, 0.05) is 37.9 Å². The molecule has 0 bridgehead atoms. The van der Waals surface area contributed by atoms with Gasteiger partial charge in [0.15, 0.2) is 0 Å². The Morgan fingerprint density at radius 1 is 1.42 bits per heavy atom. The molecule has 1 aromatic heterocycles. The summed E-state index contributed by atoms with van der Waals surface area (Å²) in [4.78, 5) is 20.4. The molecule has 19 heavy (non-hydrogen) atoms. The second-order valence-corrected chi connectivity index (χ2v) is 5.02. The summed E-state index contributed by atoms with van der Waals surface area (Å²) in [5.41, 5.74) is 1.14. The van der Waals surface area contributed by atoms with Crippen molar-refractivity contribution in [2.24, 2.45) is 0 Å². The number of likely N-dealkylation sites (N-methyl/N-ethyl adjacent to an activating group) is 1. The standard InChI is InChI=1S/C14H22N4O/c1-11(15-2)12-6-4-7-16-14(12)18-9-5-8-17(3)13(19)10-18/h4,6-7,11,15H,5,8-10H2,1-3H3. The number of aromatic nitrogens is 1. The normalized spacial score (nSPS) is 18.4. The van der Waals surface area contributed by atoms with Gasteiger partial charge in [-0.3, -0.25) is 4.79 Å². The fraction of sp³-hybridized carbons (Fsp3) is 0.571. The van der Waals surface area contributed by atoms with Crippen LogP contribution < -0.4 is 10.2 Å². The van der Waals surface area contributed by atoms with E-state index in [1.54, 1.807) is 11.1 Å². The molecule has 0 aromatic carbocycles. The second kappa shape index (κ2) is 6.02. The predicted molar refractivity (Wildman–Crippen MR) is 76.2 cm³/mol. The summed E-state index contributed by atoms with van der Waals surface area (Å²) >= 11 is 0. The average Bonchev–Trinajstić information content (AvgIpc) is 2.60. The van der Waals surface area contributed by atoms with Crippen molar-refractivity contribution in [3.63, 3.8) is 0 Å². The molecule has 104 valence electrons. The summed E-state index contributed by atoms with van der Waals surface area (Å²) in [5, 5.41) is 3.23. The number of rotatable bonds is 3. The summed E-state index contributed by atoms with van der Waals surface area (Å²) in [5.74, 6) is 1.08. The van der Waals surface area contributed by atoms with Gasteiger partial charge < -0.3 is 15.1 Å². The molecular weight excluding hydrogens is 240 g/mol. The fourth-order valence-corrected chi connectivity index (χ4v) is 2.33. The number of amides is 1. The highest BCUT2D eigenvalue weighted by Crippen LogP contribution is 2.24. The zero-order chi connectivity index (χ0) is 13.8. The van der Waals surface area contributed by atoms with Crippen molar-refractivity contribution in [1.82, 2.24) is 15.2 Å². The van der Waals surface area contributed by atoms with Crippen LogP contribution in [0.1, 0.15) is 24.9 Å². The Balaban J connectivity index is 2.28. The number of nitrogens with zero attached hydrogens (tertiary/aromatic N) is 3. The predicted octanol–water partition coefficient (Wildman–Crippen LogP) is 1.03. The number of hydrogen-bond acceptors (Lipinski definition) is 4. The van der Waals surface area contributed by atoms with Crippen molar-refractivity contribution in [3.8, 4) is 0 Å². The zero-order valence-electron chi connectivity index (χ0n) is 11.9. The molecule has 0 spiro atoms.